The lowest BCUT2D eigenvalue weighted by Crippen LogP contribution is -2.49. The summed E-state index contributed by atoms with van der Waals surface area (Å²) >= 11 is 5.99. The van der Waals surface area contributed by atoms with Crippen LogP contribution in [-0.2, 0) is 15.0 Å². The number of carbonyl (C=O) groups excluding carboxylic acids is 2. The Hall–Kier alpha value is -3.99. The number of ether oxygens (including phenoxy) is 2. The predicted octanol–water partition coefficient (Wildman–Crippen LogP) is 4.84. The first-order chi connectivity index (χ1) is 17.5. The van der Waals surface area contributed by atoms with Crippen LogP contribution in [0.15, 0.2) is 29.4 Å². The van der Waals surface area contributed by atoms with Gasteiger partial charge in [-0.2, -0.15) is 18.4 Å². The molecule has 2 atom stereocenters. The smallest absolute Gasteiger partial charge is 0.425 e. The van der Waals surface area contributed by atoms with Gasteiger partial charge >= 0.3 is 12.3 Å². The van der Waals surface area contributed by atoms with Crippen molar-refractivity contribution in [2.45, 2.75) is 57.5 Å². The second kappa shape index (κ2) is 10.4. The van der Waals surface area contributed by atoms with Gasteiger partial charge in [-0.25, -0.2) is 29.5 Å². The van der Waals surface area contributed by atoms with Crippen molar-refractivity contribution < 1.29 is 36.6 Å². The Morgan fingerprint density at radius 1 is 1.26 bits per heavy atom. The minimum absolute atomic E-state index is 0.106. The van der Waals surface area contributed by atoms with Crippen molar-refractivity contribution in [1.29, 1.82) is 5.26 Å². The average molecular weight is 557 g/mol. The molecule has 0 saturated heterocycles. The summed E-state index contributed by atoms with van der Waals surface area (Å²) in [6, 6.07) is 4.12. The zero-order valence-electron chi connectivity index (χ0n) is 20.4. The Morgan fingerprint density at radius 3 is 2.53 bits per heavy atom. The third kappa shape index (κ3) is 6.86. The average Bonchev–Trinajstić information content (AvgIpc) is 2.77. The summed E-state index contributed by atoms with van der Waals surface area (Å²) in [5.74, 6) is -2.14. The van der Waals surface area contributed by atoms with E-state index < -0.39 is 59.4 Å². The number of alkyl carbamates (subject to hydrolysis) is 1. The largest absolute Gasteiger partial charge is 0.452 e. The van der Waals surface area contributed by atoms with E-state index in [-0.39, 0.29) is 22.1 Å². The van der Waals surface area contributed by atoms with Crippen molar-refractivity contribution in [3.05, 3.63) is 52.2 Å². The van der Waals surface area contributed by atoms with Gasteiger partial charge in [-0.3, -0.25) is 4.79 Å². The van der Waals surface area contributed by atoms with Gasteiger partial charge in [0.25, 0.3) is 11.9 Å². The van der Waals surface area contributed by atoms with E-state index in [9.17, 15) is 27.2 Å². The molecule has 0 radical (unpaired) electrons. The highest BCUT2D eigenvalue weighted by molar-refractivity contribution is 6.34. The first kappa shape index (κ1) is 28.6. The van der Waals surface area contributed by atoms with Crippen LogP contribution in [0.1, 0.15) is 55.9 Å². The monoisotopic (exact) mass is 556 g/mol. The van der Waals surface area contributed by atoms with Gasteiger partial charge in [0.05, 0.1) is 10.6 Å². The Morgan fingerprint density at radius 2 is 1.95 bits per heavy atom. The maximum Gasteiger partial charge on any atom is 0.425 e. The lowest BCUT2D eigenvalue weighted by Gasteiger charge is -2.36. The molecule has 202 valence electrons. The maximum absolute atomic E-state index is 14.9. The van der Waals surface area contributed by atoms with Gasteiger partial charge in [-0.05, 0) is 45.9 Å². The van der Waals surface area contributed by atoms with E-state index in [4.69, 9.17) is 26.3 Å². The van der Waals surface area contributed by atoms with Crippen LogP contribution in [0.5, 0.6) is 0 Å². The molecule has 1 aliphatic heterocycles. The van der Waals surface area contributed by atoms with Crippen LogP contribution in [0, 0.1) is 17.1 Å². The topological polar surface area (TPSA) is 139 Å². The third-order valence-electron chi connectivity index (χ3n) is 4.94. The van der Waals surface area contributed by atoms with E-state index in [1.807, 2.05) is 11.4 Å². The number of aromatic nitrogens is 2. The van der Waals surface area contributed by atoms with Crippen molar-refractivity contribution in [2.24, 2.45) is 4.99 Å². The first-order valence-corrected chi connectivity index (χ1v) is 11.3. The predicted molar refractivity (Wildman–Crippen MR) is 126 cm³/mol. The number of halogens is 5. The van der Waals surface area contributed by atoms with Crippen LogP contribution in [-0.4, -0.2) is 45.9 Å². The van der Waals surface area contributed by atoms with Gasteiger partial charge in [0.1, 0.15) is 40.2 Å². The molecular formula is C23H21ClF4N6O4. The molecule has 0 bridgehead atoms. The molecule has 0 aliphatic carbocycles. The Kier molecular flexibility index (Phi) is 7.83. The fourth-order valence-corrected chi connectivity index (χ4v) is 3.60. The molecule has 15 heteroatoms. The van der Waals surface area contributed by atoms with Crippen LogP contribution >= 0.6 is 11.6 Å². The molecule has 10 nitrogen and oxygen atoms in total. The minimum atomic E-state index is -4.90. The van der Waals surface area contributed by atoms with Crippen LogP contribution in [0.25, 0.3) is 0 Å². The minimum Gasteiger partial charge on any atom is -0.452 e. The second-order valence-electron chi connectivity index (χ2n) is 9.32. The zero-order valence-corrected chi connectivity index (χ0v) is 21.2. The molecule has 0 fully saturated rings. The summed E-state index contributed by atoms with van der Waals surface area (Å²) in [4.78, 5) is 36.5. The van der Waals surface area contributed by atoms with Crippen molar-refractivity contribution in [3.63, 3.8) is 0 Å². The number of rotatable bonds is 3. The van der Waals surface area contributed by atoms with Crippen LogP contribution < -0.4 is 10.6 Å². The molecule has 2 aromatic heterocycles. The van der Waals surface area contributed by atoms with Gasteiger partial charge < -0.3 is 14.8 Å². The first-order valence-electron chi connectivity index (χ1n) is 10.9. The zero-order chi connectivity index (χ0) is 28.5. The van der Waals surface area contributed by atoms with E-state index in [1.165, 1.54) is 13.0 Å². The maximum atomic E-state index is 14.9. The van der Waals surface area contributed by atoms with E-state index in [2.05, 4.69) is 20.3 Å². The SMILES string of the molecule is CC(C)(C)OC(=O)NC1=N[C@](C)(c2nc(NC(=O)c3ncc(C#N)cc3Cl)ccc2F)C[C@@H](C(F)(F)F)O1. The molecule has 2 amide bonds. The third-order valence-corrected chi connectivity index (χ3v) is 5.23. The van der Waals surface area contributed by atoms with Crippen LogP contribution in [0.2, 0.25) is 5.02 Å². The highest BCUT2D eigenvalue weighted by Gasteiger charge is 2.51. The van der Waals surface area contributed by atoms with Crippen molar-refractivity contribution in [3.8, 4) is 6.07 Å². The van der Waals surface area contributed by atoms with E-state index in [0.717, 1.165) is 18.3 Å². The summed E-state index contributed by atoms with van der Waals surface area (Å²) in [6.45, 7) is 5.79. The normalized spacial score (nSPS) is 19.5. The van der Waals surface area contributed by atoms with E-state index >= 15 is 0 Å². The number of anilines is 1. The van der Waals surface area contributed by atoms with Gasteiger partial charge in [-0.1, -0.05) is 11.6 Å². The summed E-state index contributed by atoms with van der Waals surface area (Å²) in [5.41, 5.74) is -3.68. The lowest BCUT2D eigenvalue weighted by atomic mass is 9.89. The number of hydrogen-bond acceptors (Lipinski definition) is 8. The van der Waals surface area contributed by atoms with Gasteiger partial charge in [0.2, 0.25) is 0 Å². The molecule has 2 N–H and O–H groups in total. The fourth-order valence-electron chi connectivity index (χ4n) is 3.35. The van der Waals surface area contributed by atoms with Gasteiger partial charge in [-0.15, -0.1) is 0 Å². The highest BCUT2D eigenvalue weighted by Crippen LogP contribution is 2.40. The summed E-state index contributed by atoms with van der Waals surface area (Å²) < 4.78 is 65.8. The number of alkyl halides is 3. The number of amidine groups is 1. The van der Waals surface area contributed by atoms with E-state index in [0.29, 0.717) is 0 Å². The Bertz CT molecular complexity index is 1340. The highest BCUT2D eigenvalue weighted by atomic mass is 35.5. The van der Waals surface area contributed by atoms with Gasteiger partial charge in [0.15, 0.2) is 6.10 Å². The lowest BCUT2D eigenvalue weighted by molar-refractivity contribution is -0.208. The number of nitrogens with one attached hydrogen (secondary N) is 2. The molecule has 38 heavy (non-hydrogen) atoms. The molecule has 2 aromatic rings. The summed E-state index contributed by atoms with van der Waals surface area (Å²) in [7, 11) is 0. The van der Waals surface area contributed by atoms with Gasteiger partial charge in [0, 0.05) is 12.6 Å². The number of amides is 2. The standard InChI is InChI=1S/C23H21ClF4N6O4/c1-21(2,3)38-20(36)33-19-34-22(4,8-14(37-19)23(26,27)28)17-13(25)5-6-15(31-17)32-18(35)16-12(24)7-11(9-29)10-30-16/h5-7,10,14H,8H2,1-4H3,(H,31,32,35)(H,33,34,36)/t14-,22-/m0/s1. The number of aliphatic imine (C=N–C) groups is 1. The second-order valence-corrected chi connectivity index (χ2v) is 9.72. The van der Waals surface area contributed by atoms with Crippen LogP contribution in [0.3, 0.4) is 0 Å². The number of carbonyl (C=O) groups is 2. The van der Waals surface area contributed by atoms with Crippen molar-refractivity contribution >= 4 is 35.4 Å². The summed E-state index contributed by atoms with van der Waals surface area (Å²) in [5, 5.41) is 13.1. The van der Waals surface area contributed by atoms with Crippen molar-refractivity contribution in [1.82, 2.24) is 15.3 Å². The Balaban J connectivity index is 1.96. The number of pyridine rings is 2. The molecule has 0 spiro atoms. The quantitative estimate of drug-likeness (QED) is 0.516. The molecule has 3 rings (SSSR count). The Labute approximate surface area is 219 Å². The van der Waals surface area contributed by atoms with E-state index in [1.54, 1.807) is 20.8 Å². The number of hydrogen-bond donors (Lipinski definition) is 2. The molecule has 0 unspecified atom stereocenters. The molecular weight excluding hydrogens is 536 g/mol. The molecule has 0 aromatic carbocycles. The fraction of sp³-hybridized carbons (Fsp3) is 0.391. The number of nitrogens with zero attached hydrogens (tertiary/aromatic N) is 4. The van der Waals surface area contributed by atoms with Crippen LogP contribution in [0.4, 0.5) is 28.2 Å². The number of nitriles is 1. The molecule has 1 aliphatic rings. The molecule has 0 saturated carbocycles. The molecule has 3 heterocycles. The summed E-state index contributed by atoms with van der Waals surface area (Å²) in [6.07, 6.45) is -8.30. The van der Waals surface area contributed by atoms with Crippen molar-refractivity contribution in [2.75, 3.05) is 5.32 Å².